The fraction of sp³-hybridized carbons (Fsp3) is 0.636. The van der Waals surface area contributed by atoms with Crippen LogP contribution >= 0.6 is 0 Å². The number of nitrogens with one attached hydrogen (secondary N) is 3. The second-order valence-electron chi connectivity index (χ2n) is 4.55. The summed E-state index contributed by atoms with van der Waals surface area (Å²) >= 11 is 0. The van der Waals surface area contributed by atoms with Gasteiger partial charge in [0, 0.05) is 13.0 Å². The first-order valence-electron chi connectivity index (χ1n) is 5.88. The molecule has 0 aromatic carbocycles. The van der Waals surface area contributed by atoms with Crippen LogP contribution in [0.4, 0.5) is 17.3 Å². The fourth-order valence-corrected chi connectivity index (χ4v) is 2.50. The summed E-state index contributed by atoms with van der Waals surface area (Å²) in [6, 6.07) is 0. The molecule has 2 heterocycles. The number of aromatic nitrogens is 2. The minimum atomic E-state index is 0.00394. The minimum Gasteiger partial charge on any atom is -0.371 e. The second-order valence-corrected chi connectivity index (χ2v) is 4.55. The minimum absolute atomic E-state index is 0.00394. The van der Waals surface area contributed by atoms with E-state index in [4.69, 9.17) is 0 Å². The molecule has 1 aliphatic carbocycles. The molecular weight excluding hydrogens is 202 g/mol. The SMILES string of the molecule is CCC1(C2CC2)Nc2ncnc(NC)c2N1. The van der Waals surface area contributed by atoms with Crippen LogP contribution in [0.2, 0.25) is 0 Å². The van der Waals surface area contributed by atoms with Gasteiger partial charge in [0.05, 0.1) is 0 Å². The lowest BCUT2D eigenvalue weighted by Crippen LogP contribution is -2.43. The molecule has 3 N–H and O–H groups in total. The predicted octanol–water partition coefficient (Wildman–Crippen LogP) is 1.87. The maximum Gasteiger partial charge on any atom is 0.156 e. The molecule has 16 heavy (non-hydrogen) atoms. The van der Waals surface area contributed by atoms with Crippen LogP contribution in [-0.2, 0) is 0 Å². The van der Waals surface area contributed by atoms with Gasteiger partial charge in [-0.25, -0.2) is 9.97 Å². The number of hydrogen-bond donors (Lipinski definition) is 3. The van der Waals surface area contributed by atoms with Crippen molar-refractivity contribution in [3.05, 3.63) is 6.33 Å². The Labute approximate surface area is 95.1 Å². The molecule has 1 aliphatic heterocycles. The molecule has 1 unspecified atom stereocenters. The van der Waals surface area contributed by atoms with Crippen molar-refractivity contribution in [2.75, 3.05) is 23.0 Å². The van der Waals surface area contributed by atoms with Crippen molar-refractivity contribution in [3.63, 3.8) is 0 Å². The van der Waals surface area contributed by atoms with Gasteiger partial charge in [0.2, 0.25) is 0 Å². The summed E-state index contributed by atoms with van der Waals surface area (Å²) in [6.45, 7) is 2.21. The first-order chi connectivity index (χ1) is 7.79. The third-order valence-electron chi connectivity index (χ3n) is 3.61. The van der Waals surface area contributed by atoms with Gasteiger partial charge >= 0.3 is 0 Å². The van der Waals surface area contributed by atoms with E-state index in [1.54, 1.807) is 6.33 Å². The van der Waals surface area contributed by atoms with Crippen LogP contribution in [0.1, 0.15) is 26.2 Å². The molecule has 2 aliphatic rings. The molecule has 5 heteroatoms. The molecule has 0 amide bonds. The first kappa shape index (κ1) is 9.69. The zero-order chi connectivity index (χ0) is 11.2. The Kier molecular flexibility index (Phi) is 1.96. The van der Waals surface area contributed by atoms with Crippen molar-refractivity contribution >= 4 is 17.3 Å². The summed E-state index contributed by atoms with van der Waals surface area (Å²) in [5, 5.41) is 10.2. The van der Waals surface area contributed by atoms with Crippen LogP contribution in [-0.4, -0.2) is 22.7 Å². The number of hydrogen-bond acceptors (Lipinski definition) is 5. The van der Waals surface area contributed by atoms with Gasteiger partial charge < -0.3 is 16.0 Å². The summed E-state index contributed by atoms with van der Waals surface area (Å²) in [6.07, 6.45) is 5.24. The number of fused-ring (bicyclic) bond motifs is 1. The highest BCUT2D eigenvalue weighted by atomic mass is 15.3. The summed E-state index contributed by atoms with van der Waals surface area (Å²) in [7, 11) is 1.88. The normalized spacial score (nSPS) is 26.9. The van der Waals surface area contributed by atoms with E-state index in [9.17, 15) is 0 Å². The van der Waals surface area contributed by atoms with E-state index in [1.807, 2.05) is 7.05 Å². The van der Waals surface area contributed by atoms with E-state index < -0.39 is 0 Å². The van der Waals surface area contributed by atoms with Crippen molar-refractivity contribution in [1.82, 2.24) is 9.97 Å². The Bertz CT molecular complexity index is 415. The monoisotopic (exact) mass is 219 g/mol. The summed E-state index contributed by atoms with van der Waals surface area (Å²) in [4.78, 5) is 8.52. The summed E-state index contributed by atoms with van der Waals surface area (Å²) in [5.74, 6) is 2.51. The van der Waals surface area contributed by atoms with Crippen LogP contribution in [0.3, 0.4) is 0 Å². The van der Waals surface area contributed by atoms with Gasteiger partial charge in [-0.1, -0.05) is 6.92 Å². The molecule has 0 bridgehead atoms. The van der Waals surface area contributed by atoms with Gasteiger partial charge in [-0.2, -0.15) is 0 Å². The lowest BCUT2D eigenvalue weighted by atomic mass is 10.0. The Morgan fingerprint density at radius 3 is 2.88 bits per heavy atom. The van der Waals surface area contributed by atoms with Crippen LogP contribution < -0.4 is 16.0 Å². The molecule has 0 spiro atoms. The first-order valence-corrected chi connectivity index (χ1v) is 5.88. The number of anilines is 3. The Morgan fingerprint density at radius 2 is 2.25 bits per heavy atom. The number of nitrogens with zero attached hydrogens (tertiary/aromatic N) is 2. The van der Waals surface area contributed by atoms with Gasteiger partial charge in [0.1, 0.15) is 17.7 Å². The highest BCUT2D eigenvalue weighted by Crippen LogP contribution is 2.49. The topological polar surface area (TPSA) is 61.9 Å². The molecule has 5 nitrogen and oxygen atoms in total. The second kappa shape index (κ2) is 3.23. The van der Waals surface area contributed by atoms with Gasteiger partial charge in [0.15, 0.2) is 11.6 Å². The van der Waals surface area contributed by atoms with Crippen LogP contribution in [0, 0.1) is 5.92 Å². The molecule has 1 aromatic rings. The van der Waals surface area contributed by atoms with Crippen molar-refractivity contribution in [1.29, 1.82) is 0 Å². The molecule has 1 fully saturated rings. The average Bonchev–Trinajstić information content (AvgIpc) is 3.09. The van der Waals surface area contributed by atoms with Gasteiger partial charge in [-0.3, -0.25) is 0 Å². The van der Waals surface area contributed by atoms with Gasteiger partial charge in [-0.15, -0.1) is 0 Å². The lowest BCUT2D eigenvalue weighted by Gasteiger charge is -2.29. The van der Waals surface area contributed by atoms with E-state index in [1.165, 1.54) is 12.8 Å². The highest BCUT2D eigenvalue weighted by molar-refractivity contribution is 5.82. The summed E-state index contributed by atoms with van der Waals surface area (Å²) < 4.78 is 0. The predicted molar refractivity (Wildman–Crippen MR) is 64.6 cm³/mol. The van der Waals surface area contributed by atoms with Gasteiger partial charge in [-0.05, 0) is 19.3 Å². The zero-order valence-corrected chi connectivity index (χ0v) is 9.67. The third kappa shape index (κ3) is 1.24. The quantitative estimate of drug-likeness (QED) is 0.724. The van der Waals surface area contributed by atoms with Crippen molar-refractivity contribution in [2.45, 2.75) is 31.8 Å². The molecular formula is C11H17N5. The average molecular weight is 219 g/mol. The molecule has 1 aromatic heterocycles. The summed E-state index contributed by atoms with van der Waals surface area (Å²) in [5.41, 5.74) is 1.02. The molecule has 1 saturated carbocycles. The zero-order valence-electron chi connectivity index (χ0n) is 9.67. The van der Waals surface area contributed by atoms with E-state index in [-0.39, 0.29) is 5.66 Å². The smallest absolute Gasteiger partial charge is 0.156 e. The Morgan fingerprint density at radius 1 is 1.44 bits per heavy atom. The van der Waals surface area contributed by atoms with E-state index in [0.29, 0.717) is 0 Å². The van der Waals surface area contributed by atoms with E-state index in [0.717, 1.165) is 29.7 Å². The third-order valence-corrected chi connectivity index (χ3v) is 3.61. The highest BCUT2D eigenvalue weighted by Gasteiger charge is 2.48. The number of rotatable bonds is 3. The largest absolute Gasteiger partial charge is 0.371 e. The maximum atomic E-state index is 4.30. The van der Waals surface area contributed by atoms with Gasteiger partial charge in [0.25, 0.3) is 0 Å². The van der Waals surface area contributed by atoms with Crippen LogP contribution in [0.25, 0.3) is 0 Å². The molecule has 1 atom stereocenters. The van der Waals surface area contributed by atoms with E-state index >= 15 is 0 Å². The molecule has 0 radical (unpaired) electrons. The lowest BCUT2D eigenvalue weighted by molar-refractivity contribution is 0.460. The Hall–Kier alpha value is -1.52. The Balaban J connectivity index is 1.98. The van der Waals surface area contributed by atoms with E-state index in [2.05, 4.69) is 32.8 Å². The van der Waals surface area contributed by atoms with Crippen LogP contribution in [0.15, 0.2) is 6.33 Å². The fourth-order valence-electron chi connectivity index (χ4n) is 2.50. The maximum absolute atomic E-state index is 4.30. The van der Waals surface area contributed by atoms with Crippen molar-refractivity contribution < 1.29 is 0 Å². The van der Waals surface area contributed by atoms with Crippen molar-refractivity contribution in [2.24, 2.45) is 5.92 Å². The molecule has 86 valence electrons. The van der Waals surface area contributed by atoms with Crippen molar-refractivity contribution in [3.8, 4) is 0 Å². The standard InChI is InChI=1S/C11H17N5/c1-3-11(7-4-5-7)15-8-9(12-2)13-6-14-10(8)16-11/h6-7,15H,3-5H2,1-2H3,(H2,12,13,14,16). The van der Waals surface area contributed by atoms with Crippen LogP contribution in [0.5, 0.6) is 0 Å². The molecule has 3 rings (SSSR count). The molecule has 0 saturated heterocycles.